The van der Waals surface area contributed by atoms with Crippen molar-refractivity contribution in [2.24, 2.45) is 0 Å². The van der Waals surface area contributed by atoms with Crippen molar-refractivity contribution < 1.29 is 13.5 Å². The molecule has 1 aromatic carbocycles. The number of sulfonamides is 1. The molecule has 3 N–H and O–H groups in total. The average Bonchev–Trinajstić information content (AvgIpc) is 3.03. The third-order valence-corrected chi connectivity index (χ3v) is 7.04. The molecule has 1 saturated carbocycles. The molecule has 0 amide bonds. The standard InChI is InChI=1S/C17H22N6O3S2/c1-10(24)9-18-15-19-13-5-4-12(28(25,26)22-17(3)6-7-17)8-14(13)23(15)16-21-20-11(2)27-16/h4-5,8,10,22,24H,6-7,9H2,1-3H3,(H,18,19)/t10-/m0/s1. The molecule has 0 bridgehead atoms. The van der Waals surface area contributed by atoms with Gasteiger partial charge in [-0.15, -0.1) is 10.2 Å². The Hall–Kier alpha value is -2.08. The van der Waals surface area contributed by atoms with E-state index < -0.39 is 16.1 Å². The van der Waals surface area contributed by atoms with Crippen LogP contribution in [-0.2, 0) is 10.0 Å². The monoisotopic (exact) mass is 422 g/mol. The highest BCUT2D eigenvalue weighted by Crippen LogP contribution is 2.36. The van der Waals surface area contributed by atoms with E-state index >= 15 is 0 Å². The highest BCUT2D eigenvalue weighted by Gasteiger charge is 2.41. The van der Waals surface area contributed by atoms with Gasteiger partial charge < -0.3 is 10.4 Å². The molecule has 150 valence electrons. The summed E-state index contributed by atoms with van der Waals surface area (Å²) in [7, 11) is -3.64. The van der Waals surface area contributed by atoms with Gasteiger partial charge in [-0.25, -0.2) is 18.1 Å². The molecule has 9 nitrogen and oxygen atoms in total. The largest absolute Gasteiger partial charge is 0.392 e. The van der Waals surface area contributed by atoms with Gasteiger partial charge in [0.15, 0.2) is 0 Å². The van der Waals surface area contributed by atoms with E-state index in [4.69, 9.17) is 0 Å². The van der Waals surface area contributed by atoms with Gasteiger partial charge in [-0.3, -0.25) is 4.57 Å². The van der Waals surface area contributed by atoms with Crippen LogP contribution in [0.1, 0.15) is 31.7 Å². The zero-order chi connectivity index (χ0) is 20.1. The van der Waals surface area contributed by atoms with Crippen LogP contribution in [0.3, 0.4) is 0 Å². The van der Waals surface area contributed by atoms with Crippen molar-refractivity contribution in [3.8, 4) is 5.13 Å². The van der Waals surface area contributed by atoms with Gasteiger partial charge in [0.1, 0.15) is 5.01 Å². The normalized spacial score (nSPS) is 17.0. The summed E-state index contributed by atoms with van der Waals surface area (Å²) in [5.41, 5.74) is 0.875. The van der Waals surface area contributed by atoms with E-state index in [2.05, 4.69) is 25.2 Å². The second kappa shape index (κ2) is 6.76. The number of aryl methyl sites for hydroxylation is 1. The molecule has 1 aliphatic rings. The van der Waals surface area contributed by atoms with Crippen LogP contribution in [0.2, 0.25) is 0 Å². The van der Waals surface area contributed by atoms with E-state index in [1.54, 1.807) is 29.7 Å². The molecule has 0 unspecified atom stereocenters. The SMILES string of the molecule is Cc1nnc(-n2c(NC[C@H](C)O)nc3ccc(S(=O)(=O)NC4(C)CC4)cc32)s1. The number of hydrogen-bond acceptors (Lipinski definition) is 8. The number of nitrogens with zero attached hydrogens (tertiary/aromatic N) is 4. The lowest BCUT2D eigenvalue weighted by Gasteiger charge is -2.12. The Morgan fingerprint density at radius 1 is 1.36 bits per heavy atom. The summed E-state index contributed by atoms with van der Waals surface area (Å²) in [6, 6.07) is 4.83. The quantitative estimate of drug-likeness (QED) is 0.531. The molecule has 0 saturated heterocycles. The van der Waals surface area contributed by atoms with E-state index in [-0.39, 0.29) is 10.4 Å². The molecule has 1 atom stereocenters. The van der Waals surface area contributed by atoms with Crippen LogP contribution in [0.4, 0.5) is 5.95 Å². The minimum atomic E-state index is -3.64. The van der Waals surface area contributed by atoms with Crippen LogP contribution >= 0.6 is 11.3 Å². The highest BCUT2D eigenvalue weighted by molar-refractivity contribution is 7.89. The highest BCUT2D eigenvalue weighted by atomic mass is 32.2. The maximum atomic E-state index is 12.8. The van der Waals surface area contributed by atoms with Crippen LogP contribution in [0.25, 0.3) is 16.2 Å². The number of aromatic nitrogens is 4. The van der Waals surface area contributed by atoms with Crippen molar-refractivity contribution in [1.82, 2.24) is 24.5 Å². The minimum absolute atomic E-state index is 0.178. The Kier molecular flexibility index (Phi) is 4.65. The lowest BCUT2D eigenvalue weighted by molar-refractivity contribution is 0.208. The number of benzene rings is 1. The summed E-state index contributed by atoms with van der Waals surface area (Å²) in [5.74, 6) is 0.476. The predicted molar refractivity (Wildman–Crippen MR) is 107 cm³/mol. The minimum Gasteiger partial charge on any atom is -0.392 e. The molecule has 11 heteroatoms. The molecule has 0 aliphatic heterocycles. The fourth-order valence-corrected chi connectivity index (χ4v) is 5.01. The Morgan fingerprint density at radius 3 is 2.71 bits per heavy atom. The number of fused-ring (bicyclic) bond motifs is 1. The van der Waals surface area contributed by atoms with Gasteiger partial charge in [-0.05, 0) is 51.8 Å². The van der Waals surface area contributed by atoms with Crippen LogP contribution in [0.5, 0.6) is 0 Å². The zero-order valence-corrected chi connectivity index (χ0v) is 17.4. The van der Waals surface area contributed by atoms with Crippen molar-refractivity contribution in [2.45, 2.75) is 50.2 Å². The van der Waals surface area contributed by atoms with Crippen LogP contribution in [0, 0.1) is 6.92 Å². The second-order valence-corrected chi connectivity index (χ2v) is 10.3. The lowest BCUT2D eigenvalue weighted by Crippen LogP contribution is -2.34. The van der Waals surface area contributed by atoms with Crippen molar-refractivity contribution in [3.63, 3.8) is 0 Å². The van der Waals surface area contributed by atoms with Crippen molar-refractivity contribution in [1.29, 1.82) is 0 Å². The molecule has 2 heterocycles. The first-order chi connectivity index (χ1) is 13.2. The molecular weight excluding hydrogens is 400 g/mol. The number of nitrogens with one attached hydrogen (secondary N) is 2. The molecule has 0 radical (unpaired) electrons. The van der Waals surface area contributed by atoms with E-state index in [0.29, 0.717) is 28.7 Å². The van der Waals surface area contributed by atoms with Crippen molar-refractivity contribution >= 4 is 38.3 Å². The van der Waals surface area contributed by atoms with Gasteiger partial charge in [-0.1, -0.05) is 11.3 Å². The first kappa shape index (κ1) is 19.2. The van der Waals surface area contributed by atoms with E-state index in [0.717, 1.165) is 17.8 Å². The zero-order valence-electron chi connectivity index (χ0n) is 15.8. The van der Waals surface area contributed by atoms with Gasteiger partial charge in [0.2, 0.25) is 21.1 Å². The van der Waals surface area contributed by atoms with E-state index in [1.807, 2.05) is 13.8 Å². The smallest absolute Gasteiger partial charge is 0.241 e. The van der Waals surface area contributed by atoms with Gasteiger partial charge in [0.25, 0.3) is 0 Å². The average molecular weight is 423 g/mol. The lowest BCUT2D eigenvalue weighted by atomic mass is 10.3. The molecule has 2 aromatic heterocycles. The summed E-state index contributed by atoms with van der Waals surface area (Å²) < 4.78 is 30.1. The molecule has 0 spiro atoms. The van der Waals surface area contributed by atoms with Gasteiger partial charge in [-0.2, -0.15) is 0 Å². The van der Waals surface area contributed by atoms with E-state index in [9.17, 15) is 13.5 Å². The van der Waals surface area contributed by atoms with Crippen LogP contribution in [-0.4, -0.2) is 51.5 Å². The van der Waals surface area contributed by atoms with E-state index in [1.165, 1.54) is 11.3 Å². The van der Waals surface area contributed by atoms with Gasteiger partial charge in [0.05, 0.1) is 22.0 Å². The number of anilines is 1. The number of imidazole rings is 1. The van der Waals surface area contributed by atoms with Gasteiger partial charge >= 0.3 is 0 Å². The molecule has 28 heavy (non-hydrogen) atoms. The topological polar surface area (TPSA) is 122 Å². The molecule has 4 rings (SSSR count). The maximum Gasteiger partial charge on any atom is 0.241 e. The first-order valence-electron chi connectivity index (χ1n) is 8.96. The fourth-order valence-electron chi connectivity index (χ4n) is 2.82. The van der Waals surface area contributed by atoms with Crippen molar-refractivity contribution in [3.05, 3.63) is 23.2 Å². The fraction of sp³-hybridized carbons (Fsp3) is 0.471. The summed E-state index contributed by atoms with van der Waals surface area (Å²) in [6.07, 6.45) is 1.11. The molecule has 1 aliphatic carbocycles. The maximum absolute atomic E-state index is 12.8. The molecule has 1 fully saturated rings. The number of aliphatic hydroxyl groups is 1. The molecular formula is C17H22N6O3S2. The van der Waals surface area contributed by atoms with Crippen molar-refractivity contribution in [2.75, 3.05) is 11.9 Å². The number of hydrogen-bond donors (Lipinski definition) is 3. The molecule has 3 aromatic rings. The predicted octanol–water partition coefficient (Wildman–Crippen LogP) is 1.81. The summed E-state index contributed by atoms with van der Waals surface area (Å²) >= 11 is 1.38. The van der Waals surface area contributed by atoms with Gasteiger partial charge in [0, 0.05) is 12.1 Å². The number of aliphatic hydroxyl groups excluding tert-OH is 1. The second-order valence-electron chi connectivity index (χ2n) is 7.42. The number of rotatable bonds is 7. The summed E-state index contributed by atoms with van der Waals surface area (Å²) in [6.45, 7) is 5.71. The summed E-state index contributed by atoms with van der Waals surface area (Å²) in [5, 5.41) is 22.3. The Bertz CT molecular complexity index is 1130. The van der Waals surface area contributed by atoms with Crippen LogP contribution < -0.4 is 10.0 Å². The Labute approximate surface area is 166 Å². The third kappa shape index (κ3) is 3.75. The Morgan fingerprint density at radius 2 is 2.11 bits per heavy atom. The van der Waals surface area contributed by atoms with Crippen LogP contribution in [0.15, 0.2) is 23.1 Å². The third-order valence-electron chi connectivity index (χ3n) is 4.58. The summed E-state index contributed by atoms with van der Waals surface area (Å²) in [4.78, 5) is 4.72. The first-order valence-corrected chi connectivity index (χ1v) is 11.3. The Balaban J connectivity index is 1.82.